The predicted molar refractivity (Wildman–Crippen MR) is 136 cm³/mol. The number of alkyl halides is 3. The summed E-state index contributed by atoms with van der Waals surface area (Å²) in [5.41, 5.74) is 2.62. The Morgan fingerprint density at radius 1 is 1.22 bits per heavy atom. The molecule has 0 saturated carbocycles. The number of terminal acetylenes is 1. The highest BCUT2D eigenvalue weighted by Gasteiger charge is 2.27. The number of aliphatic imine (C=N–C) groups is 1. The topological polar surface area (TPSA) is 96.5 Å². The van der Waals surface area contributed by atoms with E-state index in [4.69, 9.17) is 6.42 Å². The SMILES string of the molecule is C#CN(C)C(=NCC(F)(F)F)c1ccc(CNc2nc(-c3ccccc3C(C)C)ncc2[N+](=O)[O-])cc1. The maximum atomic E-state index is 12.7. The second-order valence-corrected chi connectivity index (χ2v) is 8.42. The Hall–Kier alpha value is -4.46. The van der Waals surface area contributed by atoms with Crippen molar-refractivity contribution in [2.45, 2.75) is 32.5 Å². The third kappa shape index (κ3) is 7.04. The van der Waals surface area contributed by atoms with Crippen molar-refractivity contribution in [3.05, 3.63) is 81.5 Å². The van der Waals surface area contributed by atoms with Crippen molar-refractivity contribution in [3.8, 4) is 23.9 Å². The van der Waals surface area contributed by atoms with Crippen LogP contribution in [-0.2, 0) is 6.54 Å². The number of hydrogen-bond acceptors (Lipinski definition) is 6. The molecule has 3 rings (SSSR count). The van der Waals surface area contributed by atoms with Crippen molar-refractivity contribution in [1.82, 2.24) is 14.9 Å². The van der Waals surface area contributed by atoms with Gasteiger partial charge in [-0.25, -0.2) is 9.97 Å². The highest BCUT2D eigenvalue weighted by atomic mass is 19.4. The second kappa shape index (κ2) is 11.5. The lowest BCUT2D eigenvalue weighted by molar-refractivity contribution is -0.384. The van der Waals surface area contributed by atoms with E-state index in [1.54, 1.807) is 24.3 Å². The van der Waals surface area contributed by atoms with E-state index in [0.717, 1.165) is 11.1 Å². The van der Waals surface area contributed by atoms with Gasteiger partial charge in [0.25, 0.3) is 0 Å². The first-order chi connectivity index (χ1) is 17.5. The molecule has 192 valence electrons. The predicted octanol–water partition coefficient (Wildman–Crippen LogP) is 5.62. The van der Waals surface area contributed by atoms with Gasteiger partial charge in [-0.3, -0.25) is 20.0 Å². The first-order valence-corrected chi connectivity index (χ1v) is 11.2. The van der Waals surface area contributed by atoms with Gasteiger partial charge in [0.1, 0.15) is 18.6 Å². The minimum absolute atomic E-state index is 0.000711. The van der Waals surface area contributed by atoms with Gasteiger partial charge in [-0.15, -0.1) is 0 Å². The van der Waals surface area contributed by atoms with E-state index in [-0.39, 0.29) is 29.8 Å². The molecule has 1 N–H and O–H groups in total. The molecule has 0 spiro atoms. The van der Waals surface area contributed by atoms with Crippen LogP contribution >= 0.6 is 0 Å². The van der Waals surface area contributed by atoms with Crippen molar-refractivity contribution >= 4 is 17.3 Å². The number of nitro groups is 1. The summed E-state index contributed by atoms with van der Waals surface area (Å²) in [7, 11) is 1.44. The van der Waals surface area contributed by atoms with E-state index in [9.17, 15) is 23.3 Å². The minimum atomic E-state index is -4.47. The van der Waals surface area contributed by atoms with Gasteiger partial charge in [-0.05, 0) is 17.0 Å². The van der Waals surface area contributed by atoms with Gasteiger partial charge in [0.15, 0.2) is 5.82 Å². The summed E-state index contributed by atoms with van der Waals surface area (Å²) >= 11 is 0. The largest absolute Gasteiger partial charge is 0.408 e. The first-order valence-electron chi connectivity index (χ1n) is 11.2. The van der Waals surface area contributed by atoms with Crippen LogP contribution in [0.3, 0.4) is 0 Å². The van der Waals surface area contributed by atoms with Crippen molar-refractivity contribution in [3.63, 3.8) is 0 Å². The first kappa shape index (κ1) is 27.1. The van der Waals surface area contributed by atoms with Crippen LogP contribution in [0, 0.1) is 22.6 Å². The Morgan fingerprint density at radius 2 is 1.89 bits per heavy atom. The lowest BCUT2D eigenvalue weighted by Crippen LogP contribution is -2.25. The average Bonchev–Trinajstić information content (AvgIpc) is 2.87. The number of anilines is 1. The Bertz CT molecular complexity index is 1330. The number of benzene rings is 2. The van der Waals surface area contributed by atoms with Crippen LogP contribution in [0.4, 0.5) is 24.7 Å². The summed E-state index contributed by atoms with van der Waals surface area (Å²) in [6, 6.07) is 16.3. The number of hydrogen-bond donors (Lipinski definition) is 1. The molecular formula is C26H25F3N6O2. The summed E-state index contributed by atoms with van der Waals surface area (Å²) < 4.78 is 38.0. The number of halogens is 3. The summed E-state index contributed by atoms with van der Waals surface area (Å²) in [5.74, 6) is 0.606. The van der Waals surface area contributed by atoms with E-state index >= 15 is 0 Å². The van der Waals surface area contributed by atoms with Gasteiger partial charge in [0.2, 0.25) is 5.82 Å². The van der Waals surface area contributed by atoms with Crippen LogP contribution in [0.25, 0.3) is 11.4 Å². The quantitative estimate of drug-likeness (QED) is 0.106. The molecule has 0 amide bonds. The summed E-state index contributed by atoms with van der Waals surface area (Å²) in [4.78, 5) is 24.4. The van der Waals surface area contributed by atoms with E-state index in [0.29, 0.717) is 17.0 Å². The smallest absolute Gasteiger partial charge is 0.360 e. The number of amidine groups is 1. The van der Waals surface area contributed by atoms with Crippen LogP contribution in [-0.4, -0.2) is 45.4 Å². The Morgan fingerprint density at radius 3 is 2.49 bits per heavy atom. The Kier molecular flexibility index (Phi) is 8.45. The van der Waals surface area contributed by atoms with Crippen molar-refractivity contribution < 1.29 is 18.1 Å². The molecule has 37 heavy (non-hydrogen) atoms. The average molecular weight is 511 g/mol. The Balaban J connectivity index is 1.86. The standard InChI is InChI=1S/C26H25F3N6O2/c1-5-34(4)25(32-16-26(27,28)29)19-12-10-18(11-13-19)14-30-24-22(35(36)37)15-31-23(33-24)21-9-7-6-8-20(21)17(2)3/h1,6-13,15,17H,14,16H2,2-4H3,(H,30,31,33). The molecule has 0 radical (unpaired) electrons. The van der Waals surface area contributed by atoms with E-state index in [1.165, 1.54) is 18.1 Å². The molecule has 0 aliphatic heterocycles. The van der Waals surface area contributed by atoms with Crippen LogP contribution in [0.1, 0.15) is 36.5 Å². The molecule has 2 aromatic carbocycles. The molecule has 0 atom stereocenters. The number of rotatable bonds is 8. The molecule has 0 aliphatic carbocycles. The summed E-state index contributed by atoms with van der Waals surface area (Å²) in [5, 5.41) is 14.6. The Labute approximate surface area is 212 Å². The zero-order valence-electron chi connectivity index (χ0n) is 20.5. The molecule has 3 aromatic rings. The zero-order valence-corrected chi connectivity index (χ0v) is 20.5. The molecule has 11 heteroatoms. The molecule has 0 unspecified atom stereocenters. The molecular weight excluding hydrogens is 485 g/mol. The van der Waals surface area contributed by atoms with Gasteiger partial charge in [0.05, 0.1) is 4.92 Å². The monoisotopic (exact) mass is 510 g/mol. The van der Waals surface area contributed by atoms with Crippen molar-refractivity contribution in [1.29, 1.82) is 0 Å². The van der Waals surface area contributed by atoms with Crippen molar-refractivity contribution in [2.24, 2.45) is 4.99 Å². The van der Waals surface area contributed by atoms with Gasteiger partial charge in [-0.1, -0.05) is 68.8 Å². The van der Waals surface area contributed by atoms with E-state index in [2.05, 4.69) is 26.3 Å². The third-order valence-electron chi connectivity index (χ3n) is 5.38. The van der Waals surface area contributed by atoms with Gasteiger partial charge in [0, 0.05) is 30.8 Å². The van der Waals surface area contributed by atoms with Gasteiger partial charge in [-0.2, -0.15) is 13.2 Å². The van der Waals surface area contributed by atoms with Gasteiger partial charge >= 0.3 is 11.9 Å². The number of aromatic nitrogens is 2. The fourth-order valence-corrected chi connectivity index (χ4v) is 3.55. The van der Waals surface area contributed by atoms with Gasteiger partial charge < -0.3 is 5.32 Å². The fourth-order valence-electron chi connectivity index (χ4n) is 3.55. The number of nitrogens with zero attached hydrogens (tertiary/aromatic N) is 5. The molecule has 0 saturated heterocycles. The third-order valence-corrected chi connectivity index (χ3v) is 5.38. The second-order valence-electron chi connectivity index (χ2n) is 8.42. The molecule has 1 aromatic heterocycles. The van der Waals surface area contributed by atoms with Crippen LogP contribution in [0.15, 0.2) is 59.7 Å². The summed E-state index contributed by atoms with van der Waals surface area (Å²) in [6.45, 7) is 2.88. The van der Waals surface area contributed by atoms with Crippen molar-refractivity contribution in [2.75, 3.05) is 18.9 Å². The minimum Gasteiger partial charge on any atom is -0.360 e. The van der Waals surface area contributed by atoms with Crippen LogP contribution in [0.5, 0.6) is 0 Å². The number of nitrogens with one attached hydrogen (secondary N) is 1. The van der Waals surface area contributed by atoms with Crippen LogP contribution < -0.4 is 5.32 Å². The molecule has 0 bridgehead atoms. The zero-order chi connectivity index (χ0) is 27.2. The highest BCUT2D eigenvalue weighted by Crippen LogP contribution is 2.30. The summed E-state index contributed by atoms with van der Waals surface area (Å²) in [6.07, 6.45) is 2.05. The molecule has 1 heterocycles. The maximum Gasteiger partial charge on any atom is 0.408 e. The lowest BCUT2D eigenvalue weighted by Gasteiger charge is -2.16. The molecule has 0 aliphatic rings. The highest BCUT2D eigenvalue weighted by molar-refractivity contribution is 5.99. The van der Waals surface area contributed by atoms with E-state index < -0.39 is 17.6 Å². The van der Waals surface area contributed by atoms with Crippen LogP contribution in [0.2, 0.25) is 0 Å². The maximum absolute atomic E-state index is 12.7. The normalized spacial score (nSPS) is 11.8. The fraction of sp³-hybridized carbons (Fsp3) is 0.269. The molecule has 0 fully saturated rings. The molecule has 8 nitrogen and oxygen atoms in total. The lowest BCUT2D eigenvalue weighted by atomic mass is 9.97. The van der Waals surface area contributed by atoms with E-state index in [1.807, 2.05) is 38.1 Å².